The molecule has 3 rings (SSSR count). The molecule has 0 saturated heterocycles. The van der Waals surface area contributed by atoms with Crippen LogP contribution in [0.5, 0.6) is 0 Å². The van der Waals surface area contributed by atoms with Crippen LogP contribution in [0.2, 0.25) is 0 Å². The summed E-state index contributed by atoms with van der Waals surface area (Å²) in [5.74, 6) is -0.924. The van der Waals surface area contributed by atoms with Crippen molar-refractivity contribution in [3.63, 3.8) is 0 Å². The van der Waals surface area contributed by atoms with Crippen molar-refractivity contribution in [1.82, 2.24) is 10.2 Å². The van der Waals surface area contributed by atoms with Crippen LogP contribution in [0.15, 0.2) is 57.6 Å². The van der Waals surface area contributed by atoms with Gasteiger partial charge in [-0.15, -0.1) is 10.2 Å². The lowest BCUT2D eigenvalue weighted by molar-refractivity contribution is -0.396. The van der Waals surface area contributed by atoms with Crippen molar-refractivity contribution in [2.75, 3.05) is 16.7 Å². The van der Waals surface area contributed by atoms with Crippen molar-refractivity contribution < 1.29 is 23.1 Å². The van der Waals surface area contributed by atoms with Crippen LogP contribution in [0.1, 0.15) is 36.1 Å². The Morgan fingerprint density at radius 2 is 1.79 bits per heavy atom. The first-order chi connectivity index (χ1) is 17.6. The molecule has 0 bridgehead atoms. The van der Waals surface area contributed by atoms with Gasteiger partial charge < -0.3 is 5.32 Å². The zero-order valence-electron chi connectivity index (χ0n) is 20.6. The van der Waals surface area contributed by atoms with Crippen LogP contribution in [0.4, 0.5) is 22.7 Å². The molecule has 1 aromatic heterocycles. The second-order valence-corrected chi connectivity index (χ2v) is 12.9. The normalized spacial score (nSPS) is 11.6. The van der Waals surface area contributed by atoms with Gasteiger partial charge in [0.1, 0.15) is 10.6 Å². The first kappa shape index (κ1) is 28.7. The zero-order chi connectivity index (χ0) is 28.4. The van der Waals surface area contributed by atoms with Gasteiger partial charge in [-0.05, 0) is 24.3 Å². The van der Waals surface area contributed by atoms with E-state index in [1.54, 1.807) is 0 Å². The van der Waals surface area contributed by atoms with Gasteiger partial charge in [-0.25, -0.2) is 8.42 Å². The van der Waals surface area contributed by atoms with Crippen LogP contribution in [0, 0.1) is 20.2 Å². The minimum absolute atomic E-state index is 0.0343. The number of nitro groups is 2. The highest BCUT2D eigenvalue weighted by Crippen LogP contribution is 2.41. The summed E-state index contributed by atoms with van der Waals surface area (Å²) >= 11 is 2.08. The number of hydrogen-bond acceptors (Lipinski definition) is 11. The van der Waals surface area contributed by atoms with E-state index < -0.39 is 42.7 Å². The van der Waals surface area contributed by atoms with E-state index in [2.05, 4.69) is 22.1 Å². The van der Waals surface area contributed by atoms with Gasteiger partial charge in [0.05, 0.1) is 26.5 Å². The molecular formula is C22H22N6O7S3. The maximum Gasteiger partial charge on any atom is 0.290 e. The number of nitrogens with one attached hydrogen (secondary N) is 1. The molecule has 0 atom stereocenters. The Balaban J connectivity index is 2.02. The molecule has 0 aliphatic rings. The second kappa shape index (κ2) is 10.8. The predicted molar refractivity (Wildman–Crippen MR) is 144 cm³/mol. The molecule has 0 fully saturated rings. The molecule has 1 amide bonds. The summed E-state index contributed by atoms with van der Waals surface area (Å²) in [4.78, 5) is 34.9. The molecule has 0 aliphatic carbocycles. The third kappa shape index (κ3) is 6.32. The van der Waals surface area contributed by atoms with Crippen molar-refractivity contribution in [3.05, 3.63) is 79.2 Å². The van der Waals surface area contributed by atoms with Gasteiger partial charge in [-0.1, -0.05) is 56.5 Å². The molecule has 0 aliphatic heterocycles. The molecule has 1 heterocycles. The first-order valence-corrected chi connectivity index (χ1v) is 13.8. The maximum absolute atomic E-state index is 13.1. The number of amides is 1. The third-order valence-corrected chi connectivity index (χ3v) is 8.86. The number of hydrogen-bond donors (Lipinski definition) is 1. The van der Waals surface area contributed by atoms with Crippen molar-refractivity contribution in [2.24, 2.45) is 0 Å². The number of nitrogens with zero attached hydrogens (tertiary/aromatic N) is 5. The standard InChI is InChI=1S/C22H22N6O7S3/c1-6-38(34,35)26(5)14-9-7-8-13(10-14)23-19(29)15-11-18(17(28(32)33)12-16(15)27(30)31)36-21-25-24-20(37-21)22(2,3)4/h6-12H,1H2,2-5H3,(H,23,29). The molecule has 16 heteroatoms. The lowest BCUT2D eigenvalue weighted by Gasteiger charge is -2.18. The Morgan fingerprint density at radius 3 is 2.34 bits per heavy atom. The summed E-state index contributed by atoms with van der Waals surface area (Å²) in [6.07, 6.45) is 0. The fourth-order valence-electron chi connectivity index (χ4n) is 3.00. The van der Waals surface area contributed by atoms with E-state index in [-0.39, 0.29) is 21.7 Å². The quantitative estimate of drug-likeness (QED) is 0.269. The second-order valence-electron chi connectivity index (χ2n) is 8.76. The van der Waals surface area contributed by atoms with E-state index in [0.29, 0.717) is 9.35 Å². The maximum atomic E-state index is 13.1. The third-order valence-electron chi connectivity index (χ3n) is 5.02. The number of aromatic nitrogens is 2. The SMILES string of the molecule is C=CS(=O)(=O)N(C)c1cccc(NC(=O)c2cc(Sc3nnc(C(C)(C)C)s3)c([N+](=O)[O-])cc2[N+](=O)[O-])c1. The highest BCUT2D eigenvalue weighted by Gasteiger charge is 2.30. The van der Waals surface area contributed by atoms with E-state index in [9.17, 15) is 33.4 Å². The number of nitro benzene ring substituents is 2. The minimum Gasteiger partial charge on any atom is -0.322 e. The molecule has 2 aromatic carbocycles. The van der Waals surface area contributed by atoms with Crippen molar-refractivity contribution in [3.8, 4) is 0 Å². The average molecular weight is 579 g/mol. The molecule has 13 nitrogen and oxygen atoms in total. The number of rotatable bonds is 9. The number of carbonyl (C=O) groups excluding carboxylic acids is 1. The van der Waals surface area contributed by atoms with E-state index in [0.717, 1.165) is 33.6 Å². The molecule has 200 valence electrons. The van der Waals surface area contributed by atoms with Gasteiger partial charge in [-0.3, -0.25) is 29.3 Å². The van der Waals surface area contributed by atoms with Crippen LogP contribution < -0.4 is 9.62 Å². The molecular weight excluding hydrogens is 556 g/mol. The fourth-order valence-corrected chi connectivity index (χ4v) is 5.62. The Labute approximate surface area is 225 Å². The van der Waals surface area contributed by atoms with E-state index in [1.807, 2.05) is 20.8 Å². The van der Waals surface area contributed by atoms with Crippen LogP contribution >= 0.6 is 23.1 Å². The van der Waals surface area contributed by atoms with Crippen molar-refractivity contribution >= 4 is 61.8 Å². The smallest absolute Gasteiger partial charge is 0.290 e. The molecule has 0 spiro atoms. The molecule has 3 aromatic rings. The topological polar surface area (TPSA) is 179 Å². The van der Waals surface area contributed by atoms with Crippen molar-refractivity contribution in [2.45, 2.75) is 35.4 Å². The summed E-state index contributed by atoms with van der Waals surface area (Å²) < 4.78 is 25.5. The molecule has 1 N–H and O–H groups in total. The van der Waals surface area contributed by atoms with Crippen LogP contribution in [0.25, 0.3) is 0 Å². The highest BCUT2D eigenvalue weighted by molar-refractivity contribution is 8.01. The van der Waals surface area contributed by atoms with Gasteiger partial charge in [0.25, 0.3) is 27.3 Å². The van der Waals surface area contributed by atoms with Gasteiger partial charge in [0, 0.05) is 23.6 Å². The highest BCUT2D eigenvalue weighted by atomic mass is 32.2. The average Bonchev–Trinajstić information content (AvgIpc) is 3.32. The Morgan fingerprint density at radius 1 is 1.13 bits per heavy atom. The number of benzene rings is 2. The van der Waals surface area contributed by atoms with E-state index in [4.69, 9.17) is 0 Å². The van der Waals surface area contributed by atoms with E-state index >= 15 is 0 Å². The van der Waals surface area contributed by atoms with Crippen LogP contribution in [0.3, 0.4) is 0 Å². The van der Waals surface area contributed by atoms with Gasteiger partial charge in [-0.2, -0.15) is 0 Å². The summed E-state index contributed by atoms with van der Waals surface area (Å²) in [5, 5.41) is 35.5. The molecule has 0 radical (unpaired) electrons. The molecule has 38 heavy (non-hydrogen) atoms. The summed E-state index contributed by atoms with van der Waals surface area (Å²) in [5.41, 5.74) is -1.74. The number of sulfonamides is 1. The Kier molecular flexibility index (Phi) is 8.18. The first-order valence-electron chi connectivity index (χ1n) is 10.7. The summed E-state index contributed by atoms with van der Waals surface area (Å²) in [6.45, 7) is 9.05. The minimum atomic E-state index is -3.80. The summed E-state index contributed by atoms with van der Waals surface area (Å²) in [6, 6.07) is 7.55. The Hall–Kier alpha value is -3.89. The largest absolute Gasteiger partial charge is 0.322 e. The van der Waals surface area contributed by atoms with E-state index in [1.165, 1.54) is 42.6 Å². The molecule has 0 unspecified atom stereocenters. The number of carbonyl (C=O) groups is 1. The van der Waals surface area contributed by atoms with Crippen molar-refractivity contribution in [1.29, 1.82) is 0 Å². The van der Waals surface area contributed by atoms with Gasteiger partial charge in [0.15, 0.2) is 4.34 Å². The van der Waals surface area contributed by atoms with Gasteiger partial charge >= 0.3 is 0 Å². The monoisotopic (exact) mass is 578 g/mol. The van der Waals surface area contributed by atoms with Crippen LogP contribution in [-0.2, 0) is 15.4 Å². The molecule has 0 saturated carbocycles. The Bertz CT molecular complexity index is 1550. The number of anilines is 2. The van der Waals surface area contributed by atoms with Gasteiger partial charge in [0.2, 0.25) is 0 Å². The van der Waals surface area contributed by atoms with Crippen LogP contribution in [-0.4, -0.2) is 41.4 Å². The zero-order valence-corrected chi connectivity index (χ0v) is 23.0. The summed E-state index contributed by atoms with van der Waals surface area (Å²) in [7, 11) is -2.51. The fraction of sp³-hybridized carbons (Fsp3) is 0.227. The predicted octanol–water partition coefficient (Wildman–Crippen LogP) is 4.97. The lowest BCUT2D eigenvalue weighted by atomic mass is 9.98. The lowest BCUT2D eigenvalue weighted by Crippen LogP contribution is -2.24.